The van der Waals surface area contributed by atoms with Gasteiger partial charge < -0.3 is 4.74 Å². The quantitative estimate of drug-likeness (QED) is 0.534. The van der Waals surface area contributed by atoms with E-state index in [9.17, 15) is 8.78 Å². The Kier molecular flexibility index (Phi) is 1.82. The molecule has 0 aliphatic carbocycles. The minimum Gasteiger partial charge on any atom is -0.380 e. The normalized spacial score (nSPS) is 41.2. The maximum Gasteiger partial charge on any atom is 0.260 e. The van der Waals surface area contributed by atoms with Gasteiger partial charge in [0.25, 0.3) is 5.92 Å². The third kappa shape index (κ3) is 1.12. The maximum absolute atomic E-state index is 13.3. The van der Waals surface area contributed by atoms with E-state index in [-0.39, 0.29) is 26.3 Å². The van der Waals surface area contributed by atoms with Crippen LogP contribution < -0.4 is 5.84 Å². The SMILES string of the molecule is NN1CC2COCC(C1)C2(F)F. The molecule has 0 aromatic heterocycles. The maximum atomic E-state index is 13.3. The number of alkyl halides is 2. The highest BCUT2D eigenvalue weighted by Gasteiger charge is 2.53. The molecule has 2 bridgehead atoms. The van der Waals surface area contributed by atoms with E-state index in [4.69, 9.17) is 10.6 Å². The van der Waals surface area contributed by atoms with Gasteiger partial charge >= 0.3 is 0 Å². The van der Waals surface area contributed by atoms with E-state index in [0.717, 1.165) is 0 Å². The second kappa shape index (κ2) is 2.61. The molecule has 0 saturated carbocycles. The Morgan fingerprint density at radius 2 is 1.75 bits per heavy atom. The number of hydrogen-bond donors (Lipinski definition) is 1. The van der Waals surface area contributed by atoms with Crippen molar-refractivity contribution < 1.29 is 13.5 Å². The van der Waals surface area contributed by atoms with Crippen LogP contribution in [0.1, 0.15) is 0 Å². The first-order chi connectivity index (χ1) is 5.60. The molecule has 3 nitrogen and oxygen atoms in total. The monoisotopic (exact) mass is 178 g/mol. The average molecular weight is 178 g/mol. The first-order valence-electron chi connectivity index (χ1n) is 4.06. The Morgan fingerprint density at radius 3 is 2.25 bits per heavy atom. The van der Waals surface area contributed by atoms with Crippen molar-refractivity contribution in [1.82, 2.24) is 5.01 Å². The van der Waals surface area contributed by atoms with Gasteiger partial charge in [-0.3, -0.25) is 5.84 Å². The van der Waals surface area contributed by atoms with Crippen molar-refractivity contribution in [3.8, 4) is 0 Å². The minimum atomic E-state index is -2.58. The molecule has 2 atom stereocenters. The summed E-state index contributed by atoms with van der Waals surface area (Å²) in [5, 5.41) is 1.47. The molecule has 70 valence electrons. The van der Waals surface area contributed by atoms with Gasteiger partial charge in [-0.1, -0.05) is 0 Å². The summed E-state index contributed by atoms with van der Waals surface area (Å²) >= 11 is 0. The fraction of sp³-hybridized carbons (Fsp3) is 1.00. The summed E-state index contributed by atoms with van der Waals surface area (Å²) in [5.41, 5.74) is 0. The van der Waals surface area contributed by atoms with Crippen molar-refractivity contribution in [3.05, 3.63) is 0 Å². The Labute approximate surface area is 69.4 Å². The molecule has 0 aromatic carbocycles. The van der Waals surface area contributed by atoms with Crippen LogP contribution in [0.25, 0.3) is 0 Å². The molecule has 2 aliphatic heterocycles. The van der Waals surface area contributed by atoms with E-state index in [1.807, 2.05) is 0 Å². The lowest BCUT2D eigenvalue weighted by Gasteiger charge is -2.45. The Morgan fingerprint density at radius 1 is 1.25 bits per heavy atom. The van der Waals surface area contributed by atoms with E-state index < -0.39 is 17.8 Å². The highest BCUT2D eigenvalue weighted by Crippen LogP contribution is 2.40. The average Bonchev–Trinajstić information content (AvgIpc) is 1.92. The number of fused-ring (bicyclic) bond motifs is 2. The molecule has 0 radical (unpaired) electrons. The largest absolute Gasteiger partial charge is 0.380 e. The van der Waals surface area contributed by atoms with Gasteiger partial charge in [0.1, 0.15) is 0 Å². The zero-order chi connectivity index (χ0) is 8.77. The van der Waals surface area contributed by atoms with Gasteiger partial charge in [0.15, 0.2) is 0 Å². The summed E-state index contributed by atoms with van der Waals surface area (Å²) in [7, 11) is 0. The van der Waals surface area contributed by atoms with Crippen molar-refractivity contribution in [3.63, 3.8) is 0 Å². The van der Waals surface area contributed by atoms with Crippen molar-refractivity contribution in [2.24, 2.45) is 17.7 Å². The van der Waals surface area contributed by atoms with Gasteiger partial charge in [-0.15, -0.1) is 0 Å². The second-order valence-electron chi connectivity index (χ2n) is 3.56. The number of nitrogens with zero attached hydrogens (tertiary/aromatic N) is 1. The number of hydrogen-bond acceptors (Lipinski definition) is 3. The zero-order valence-electron chi connectivity index (χ0n) is 6.67. The van der Waals surface area contributed by atoms with Crippen LogP contribution in [0.4, 0.5) is 8.78 Å². The van der Waals surface area contributed by atoms with Gasteiger partial charge in [0, 0.05) is 13.1 Å². The summed E-state index contributed by atoms with van der Waals surface area (Å²) in [6.07, 6.45) is 0. The fourth-order valence-electron chi connectivity index (χ4n) is 1.90. The minimum absolute atomic E-state index is 0.136. The number of hydrazine groups is 1. The lowest BCUT2D eigenvalue weighted by molar-refractivity contribution is -0.217. The third-order valence-electron chi connectivity index (χ3n) is 2.64. The molecule has 2 aliphatic rings. The first-order valence-corrected chi connectivity index (χ1v) is 4.06. The van der Waals surface area contributed by atoms with Gasteiger partial charge in [0.05, 0.1) is 25.0 Å². The van der Waals surface area contributed by atoms with Crippen LogP contribution in [-0.2, 0) is 4.74 Å². The van der Waals surface area contributed by atoms with Crippen LogP contribution in [0.15, 0.2) is 0 Å². The number of piperidine rings is 1. The number of halogens is 2. The van der Waals surface area contributed by atoms with Gasteiger partial charge in [0.2, 0.25) is 0 Å². The molecule has 2 fully saturated rings. The fourth-order valence-corrected chi connectivity index (χ4v) is 1.90. The lowest BCUT2D eigenvalue weighted by Crippen LogP contribution is -2.60. The molecule has 0 amide bonds. The molecule has 0 aromatic rings. The molecule has 2 N–H and O–H groups in total. The predicted octanol–water partition coefficient (Wildman–Crippen LogP) is 0.0736. The van der Waals surface area contributed by atoms with Crippen LogP contribution in [0.5, 0.6) is 0 Å². The summed E-state index contributed by atoms with van der Waals surface area (Å²) in [5.74, 6) is 1.49. The van der Waals surface area contributed by atoms with Crippen molar-refractivity contribution in [1.29, 1.82) is 0 Å². The smallest absolute Gasteiger partial charge is 0.260 e. The molecule has 2 rings (SSSR count). The summed E-state index contributed by atoms with van der Waals surface area (Å²) in [6, 6.07) is 0. The van der Waals surface area contributed by atoms with Gasteiger partial charge in [-0.05, 0) is 0 Å². The molecule has 2 saturated heterocycles. The molecular weight excluding hydrogens is 166 g/mol. The molecule has 0 spiro atoms. The lowest BCUT2D eigenvalue weighted by atomic mass is 9.84. The van der Waals surface area contributed by atoms with E-state index in [0.29, 0.717) is 0 Å². The van der Waals surface area contributed by atoms with E-state index in [1.165, 1.54) is 5.01 Å². The molecule has 2 unspecified atom stereocenters. The van der Waals surface area contributed by atoms with E-state index in [2.05, 4.69) is 0 Å². The number of ether oxygens (including phenoxy) is 1. The molecular formula is C7H12F2N2O. The highest BCUT2D eigenvalue weighted by molar-refractivity contribution is 4.93. The standard InChI is InChI=1S/C7H12F2N2O/c8-7(9)5-1-11(10)2-6(7)4-12-3-5/h5-6H,1-4,10H2. The molecule has 2 heterocycles. The van der Waals surface area contributed by atoms with Crippen LogP contribution in [0.2, 0.25) is 0 Å². The van der Waals surface area contributed by atoms with E-state index >= 15 is 0 Å². The Balaban J connectivity index is 2.18. The van der Waals surface area contributed by atoms with Gasteiger partial charge in [-0.2, -0.15) is 0 Å². The second-order valence-corrected chi connectivity index (χ2v) is 3.56. The van der Waals surface area contributed by atoms with Crippen molar-refractivity contribution in [2.45, 2.75) is 5.92 Å². The predicted molar refractivity (Wildman–Crippen MR) is 38.5 cm³/mol. The Hall–Kier alpha value is -0.260. The van der Waals surface area contributed by atoms with Crippen LogP contribution >= 0.6 is 0 Å². The highest BCUT2D eigenvalue weighted by atomic mass is 19.3. The summed E-state index contributed by atoms with van der Waals surface area (Å²) < 4.78 is 31.7. The molecule has 12 heavy (non-hydrogen) atoms. The summed E-state index contributed by atoms with van der Waals surface area (Å²) in [4.78, 5) is 0. The first kappa shape index (κ1) is 8.34. The van der Waals surface area contributed by atoms with Crippen molar-refractivity contribution in [2.75, 3.05) is 26.3 Å². The zero-order valence-corrected chi connectivity index (χ0v) is 6.67. The van der Waals surface area contributed by atoms with Crippen LogP contribution in [0.3, 0.4) is 0 Å². The number of rotatable bonds is 0. The van der Waals surface area contributed by atoms with Gasteiger partial charge in [-0.25, -0.2) is 13.8 Å². The van der Waals surface area contributed by atoms with Crippen LogP contribution in [0, 0.1) is 11.8 Å². The van der Waals surface area contributed by atoms with Crippen LogP contribution in [-0.4, -0.2) is 37.2 Å². The molecule has 5 heteroatoms. The summed E-state index contributed by atoms with van der Waals surface area (Å²) in [6.45, 7) is 0.751. The van der Waals surface area contributed by atoms with Crippen molar-refractivity contribution >= 4 is 0 Å². The van der Waals surface area contributed by atoms with E-state index in [1.54, 1.807) is 0 Å². The third-order valence-corrected chi connectivity index (χ3v) is 2.64. The Bertz CT molecular complexity index is 172. The number of nitrogens with two attached hydrogens (primary N) is 1. The topological polar surface area (TPSA) is 38.5 Å².